The molecule has 0 saturated heterocycles. The van der Waals surface area contributed by atoms with E-state index in [4.69, 9.17) is 27.3 Å². The van der Waals surface area contributed by atoms with Crippen molar-refractivity contribution < 1.29 is 14.7 Å². The molecular weight excluding hydrogens is 294 g/mol. The minimum atomic E-state index is -0.748. The first-order valence-electron chi connectivity index (χ1n) is 6.34. The first kappa shape index (κ1) is 17.1. The summed E-state index contributed by atoms with van der Waals surface area (Å²) in [6.07, 6.45) is -0.575. The number of carbonyl (C=O) groups excluding carboxylic acids is 1. The van der Waals surface area contributed by atoms with Crippen molar-refractivity contribution in [1.29, 1.82) is 0 Å². The third-order valence-electron chi connectivity index (χ3n) is 2.65. The van der Waals surface area contributed by atoms with Gasteiger partial charge in [-0.05, 0) is 38.5 Å². The fraction of sp³-hybridized carbons (Fsp3) is 0.429. The van der Waals surface area contributed by atoms with Gasteiger partial charge in [0, 0.05) is 12.1 Å². The Morgan fingerprint density at radius 2 is 1.90 bits per heavy atom. The highest BCUT2D eigenvalue weighted by Crippen LogP contribution is 2.23. The lowest BCUT2D eigenvalue weighted by Crippen LogP contribution is -2.42. The fourth-order valence-corrected chi connectivity index (χ4v) is 1.86. The van der Waals surface area contributed by atoms with E-state index < -0.39 is 17.7 Å². The Labute approximate surface area is 129 Å². The molecule has 0 saturated carbocycles. The molecule has 0 aromatic heterocycles. The lowest BCUT2D eigenvalue weighted by atomic mass is 10.1. The van der Waals surface area contributed by atoms with Crippen LogP contribution in [0.1, 0.15) is 32.4 Å². The van der Waals surface area contributed by atoms with E-state index in [9.17, 15) is 4.79 Å². The van der Waals surface area contributed by atoms with Crippen LogP contribution in [0.2, 0.25) is 5.02 Å². The second-order valence-corrected chi connectivity index (χ2v) is 6.01. The maximum absolute atomic E-state index is 12.1. The van der Waals surface area contributed by atoms with Crippen LogP contribution in [0.5, 0.6) is 0 Å². The third kappa shape index (κ3) is 4.82. The highest BCUT2D eigenvalue weighted by Gasteiger charge is 2.29. The molecule has 6 nitrogen and oxygen atoms in total. The third-order valence-corrected chi connectivity index (χ3v) is 2.90. The number of benzene rings is 1. The Balaban J connectivity index is 3.08. The standard InChI is InChI=1S/C14H20ClN3O3/c1-14(2,3)21-13(19)18(4)11(12(16)17-20)9-5-7-10(15)8-6-9/h5-8,11,20H,1-4H3,(H2,16,17). The summed E-state index contributed by atoms with van der Waals surface area (Å²) in [4.78, 5) is 13.4. The average molecular weight is 314 g/mol. The summed E-state index contributed by atoms with van der Waals surface area (Å²) in [5, 5.41) is 12.5. The molecule has 1 rings (SSSR count). The van der Waals surface area contributed by atoms with Gasteiger partial charge in [0.2, 0.25) is 0 Å². The number of carbonyl (C=O) groups is 1. The summed E-state index contributed by atoms with van der Waals surface area (Å²) in [6.45, 7) is 5.29. The number of hydrogen-bond donors (Lipinski definition) is 2. The fourth-order valence-electron chi connectivity index (χ4n) is 1.73. The first-order chi connectivity index (χ1) is 9.65. The van der Waals surface area contributed by atoms with Crippen molar-refractivity contribution in [3.63, 3.8) is 0 Å². The van der Waals surface area contributed by atoms with Crippen LogP contribution >= 0.6 is 11.6 Å². The predicted octanol–water partition coefficient (Wildman–Crippen LogP) is 2.99. The van der Waals surface area contributed by atoms with Gasteiger partial charge in [-0.1, -0.05) is 28.9 Å². The molecule has 0 spiro atoms. The smallest absolute Gasteiger partial charge is 0.410 e. The van der Waals surface area contributed by atoms with E-state index in [-0.39, 0.29) is 5.84 Å². The number of nitrogens with zero attached hydrogens (tertiary/aromatic N) is 2. The summed E-state index contributed by atoms with van der Waals surface area (Å²) in [5.41, 5.74) is 5.73. The van der Waals surface area contributed by atoms with Crippen molar-refractivity contribution in [2.45, 2.75) is 32.4 Å². The van der Waals surface area contributed by atoms with Crippen LogP contribution in [0.3, 0.4) is 0 Å². The number of halogens is 1. The van der Waals surface area contributed by atoms with Crippen LogP contribution in [0.15, 0.2) is 29.4 Å². The normalized spacial score (nSPS) is 13.7. The zero-order valence-corrected chi connectivity index (χ0v) is 13.3. The predicted molar refractivity (Wildman–Crippen MR) is 81.6 cm³/mol. The monoisotopic (exact) mass is 313 g/mol. The van der Waals surface area contributed by atoms with Gasteiger partial charge < -0.3 is 15.7 Å². The van der Waals surface area contributed by atoms with E-state index in [0.717, 1.165) is 0 Å². The number of hydrogen-bond acceptors (Lipinski definition) is 4. The highest BCUT2D eigenvalue weighted by molar-refractivity contribution is 6.30. The molecule has 1 amide bonds. The van der Waals surface area contributed by atoms with Gasteiger partial charge in [-0.15, -0.1) is 0 Å². The number of amidine groups is 1. The topological polar surface area (TPSA) is 88.2 Å². The van der Waals surface area contributed by atoms with E-state index in [2.05, 4.69) is 5.16 Å². The molecule has 21 heavy (non-hydrogen) atoms. The molecule has 0 fully saturated rings. The van der Waals surface area contributed by atoms with Crippen molar-refractivity contribution in [3.8, 4) is 0 Å². The highest BCUT2D eigenvalue weighted by atomic mass is 35.5. The Hall–Kier alpha value is -1.95. The van der Waals surface area contributed by atoms with Gasteiger partial charge in [0.1, 0.15) is 11.6 Å². The summed E-state index contributed by atoms with van der Waals surface area (Å²) < 4.78 is 5.29. The number of nitrogens with two attached hydrogens (primary N) is 1. The largest absolute Gasteiger partial charge is 0.444 e. The second-order valence-electron chi connectivity index (χ2n) is 5.57. The van der Waals surface area contributed by atoms with Crippen molar-refractivity contribution in [1.82, 2.24) is 4.90 Å². The minimum absolute atomic E-state index is 0.120. The summed E-state index contributed by atoms with van der Waals surface area (Å²) >= 11 is 5.84. The SMILES string of the molecule is CN(C(=O)OC(C)(C)C)C(/C(N)=N/O)c1ccc(Cl)cc1. The van der Waals surface area contributed by atoms with Gasteiger partial charge in [0.25, 0.3) is 0 Å². The molecule has 1 atom stereocenters. The van der Waals surface area contributed by atoms with E-state index in [1.165, 1.54) is 11.9 Å². The molecule has 0 heterocycles. The maximum Gasteiger partial charge on any atom is 0.410 e. The Morgan fingerprint density at radius 1 is 1.38 bits per heavy atom. The van der Waals surface area contributed by atoms with Crippen molar-refractivity contribution in [2.24, 2.45) is 10.9 Å². The van der Waals surface area contributed by atoms with Gasteiger partial charge in [-0.2, -0.15) is 0 Å². The van der Waals surface area contributed by atoms with E-state index >= 15 is 0 Å². The van der Waals surface area contributed by atoms with Crippen LogP contribution in [-0.2, 0) is 4.74 Å². The van der Waals surface area contributed by atoms with Crippen LogP contribution in [-0.4, -0.2) is 34.7 Å². The second kappa shape index (κ2) is 6.67. The van der Waals surface area contributed by atoms with Gasteiger partial charge in [0.05, 0.1) is 0 Å². The van der Waals surface area contributed by atoms with E-state index in [1.54, 1.807) is 45.0 Å². The molecule has 7 heteroatoms. The van der Waals surface area contributed by atoms with Gasteiger partial charge >= 0.3 is 6.09 Å². The zero-order chi connectivity index (χ0) is 16.2. The quantitative estimate of drug-likeness (QED) is 0.388. The minimum Gasteiger partial charge on any atom is -0.444 e. The summed E-state index contributed by atoms with van der Waals surface area (Å²) in [5.74, 6) is -0.120. The molecule has 0 radical (unpaired) electrons. The molecule has 0 aliphatic heterocycles. The van der Waals surface area contributed by atoms with Crippen molar-refractivity contribution in [3.05, 3.63) is 34.9 Å². The lowest BCUT2D eigenvalue weighted by molar-refractivity contribution is 0.0263. The summed E-state index contributed by atoms with van der Waals surface area (Å²) in [6, 6.07) is 5.98. The number of oxime groups is 1. The van der Waals surface area contributed by atoms with Crippen LogP contribution < -0.4 is 5.73 Å². The van der Waals surface area contributed by atoms with Crippen molar-refractivity contribution in [2.75, 3.05) is 7.05 Å². The van der Waals surface area contributed by atoms with Gasteiger partial charge in [-0.3, -0.25) is 4.90 Å². The molecule has 116 valence electrons. The zero-order valence-electron chi connectivity index (χ0n) is 12.5. The molecule has 3 N–H and O–H groups in total. The molecule has 0 bridgehead atoms. The molecule has 0 aliphatic carbocycles. The lowest BCUT2D eigenvalue weighted by Gasteiger charge is -2.30. The van der Waals surface area contributed by atoms with E-state index in [0.29, 0.717) is 10.6 Å². The molecule has 1 unspecified atom stereocenters. The van der Waals surface area contributed by atoms with Crippen LogP contribution in [0.25, 0.3) is 0 Å². The molecule has 1 aromatic rings. The first-order valence-corrected chi connectivity index (χ1v) is 6.72. The molecular formula is C14H20ClN3O3. The van der Waals surface area contributed by atoms with Gasteiger partial charge in [-0.25, -0.2) is 4.79 Å². The summed E-state index contributed by atoms with van der Waals surface area (Å²) in [7, 11) is 1.52. The Kier molecular flexibility index (Phi) is 5.43. The number of ether oxygens (including phenoxy) is 1. The Bertz CT molecular complexity index is 523. The number of rotatable bonds is 3. The molecule has 1 aromatic carbocycles. The van der Waals surface area contributed by atoms with E-state index in [1.807, 2.05) is 0 Å². The average Bonchev–Trinajstić information content (AvgIpc) is 2.38. The van der Waals surface area contributed by atoms with Crippen LogP contribution in [0.4, 0.5) is 4.79 Å². The maximum atomic E-state index is 12.1. The van der Waals surface area contributed by atoms with Crippen LogP contribution in [0, 0.1) is 0 Å². The number of likely N-dealkylation sites (N-methyl/N-ethyl adjacent to an activating group) is 1. The molecule has 0 aliphatic rings. The Morgan fingerprint density at radius 3 is 2.33 bits per heavy atom. The number of amides is 1. The van der Waals surface area contributed by atoms with Crippen molar-refractivity contribution >= 4 is 23.5 Å². The van der Waals surface area contributed by atoms with Gasteiger partial charge in [0.15, 0.2) is 5.84 Å².